The third-order valence-corrected chi connectivity index (χ3v) is 7.02. The second-order valence-corrected chi connectivity index (χ2v) is 10.0. The average Bonchev–Trinajstić information content (AvgIpc) is 3.27. The van der Waals surface area contributed by atoms with Crippen molar-refractivity contribution in [2.75, 3.05) is 5.32 Å². The SMILES string of the molecule is CCCCc1nc(S(=O)(=O)c2ccc(Cl)cc2)c(NCc2cccc(Oc3ccccc3)c2)o1. The summed E-state index contributed by atoms with van der Waals surface area (Å²) in [6.07, 6.45) is 2.35. The number of aromatic nitrogens is 1. The molecule has 1 aromatic heterocycles. The summed E-state index contributed by atoms with van der Waals surface area (Å²) in [5.41, 5.74) is 0.898. The molecule has 4 aromatic rings. The van der Waals surface area contributed by atoms with Gasteiger partial charge in [0.2, 0.25) is 20.7 Å². The molecule has 1 heterocycles. The minimum absolute atomic E-state index is 0.105. The molecule has 6 nitrogen and oxygen atoms in total. The van der Waals surface area contributed by atoms with Crippen LogP contribution in [-0.2, 0) is 22.8 Å². The van der Waals surface area contributed by atoms with Crippen LogP contribution in [0.2, 0.25) is 5.02 Å². The number of hydrogen-bond donors (Lipinski definition) is 1. The fourth-order valence-corrected chi connectivity index (χ4v) is 4.75. The molecule has 0 bridgehead atoms. The van der Waals surface area contributed by atoms with E-state index < -0.39 is 9.84 Å². The van der Waals surface area contributed by atoms with Crippen LogP contribution in [0.1, 0.15) is 31.2 Å². The van der Waals surface area contributed by atoms with Crippen molar-refractivity contribution in [1.82, 2.24) is 4.98 Å². The largest absolute Gasteiger partial charge is 0.457 e. The number of halogens is 1. The van der Waals surface area contributed by atoms with Gasteiger partial charge in [0.05, 0.1) is 4.90 Å². The predicted octanol–water partition coefficient (Wildman–Crippen LogP) is 6.91. The van der Waals surface area contributed by atoms with E-state index in [1.54, 1.807) is 0 Å². The highest BCUT2D eigenvalue weighted by Crippen LogP contribution is 2.30. The average molecular weight is 497 g/mol. The van der Waals surface area contributed by atoms with Gasteiger partial charge in [0, 0.05) is 18.0 Å². The number of nitrogens with one attached hydrogen (secondary N) is 1. The Balaban J connectivity index is 1.57. The van der Waals surface area contributed by atoms with Gasteiger partial charge in [-0.1, -0.05) is 55.3 Å². The highest BCUT2D eigenvalue weighted by molar-refractivity contribution is 7.91. The van der Waals surface area contributed by atoms with Crippen molar-refractivity contribution in [3.8, 4) is 11.5 Å². The lowest BCUT2D eigenvalue weighted by molar-refractivity contribution is 0.481. The first-order valence-electron chi connectivity index (χ1n) is 11.0. The molecular formula is C26H25ClN2O4S. The van der Waals surface area contributed by atoms with E-state index in [9.17, 15) is 8.42 Å². The zero-order chi connectivity index (χ0) is 24.0. The van der Waals surface area contributed by atoms with Crippen LogP contribution >= 0.6 is 11.6 Å². The van der Waals surface area contributed by atoms with E-state index in [1.165, 1.54) is 24.3 Å². The molecule has 4 rings (SSSR count). The predicted molar refractivity (Wildman–Crippen MR) is 132 cm³/mol. The second kappa shape index (κ2) is 10.8. The van der Waals surface area contributed by atoms with Crippen LogP contribution < -0.4 is 10.1 Å². The van der Waals surface area contributed by atoms with Crippen LogP contribution in [0, 0.1) is 0 Å². The molecule has 0 unspecified atom stereocenters. The lowest BCUT2D eigenvalue weighted by atomic mass is 10.2. The van der Waals surface area contributed by atoms with Crippen LogP contribution in [-0.4, -0.2) is 13.4 Å². The molecule has 3 aromatic carbocycles. The van der Waals surface area contributed by atoms with E-state index >= 15 is 0 Å². The van der Waals surface area contributed by atoms with Crippen molar-refractivity contribution in [3.05, 3.63) is 95.3 Å². The molecule has 0 aliphatic rings. The first-order chi connectivity index (χ1) is 16.5. The van der Waals surface area contributed by atoms with Gasteiger partial charge in [-0.15, -0.1) is 0 Å². The molecule has 8 heteroatoms. The Hall–Kier alpha value is -3.29. The number of nitrogens with zero attached hydrogens (tertiary/aromatic N) is 1. The number of aryl methyl sites for hydroxylation is 1. The van der Waals surface area contributed by atoms with E-state index in [1.807, 2.05) is 54.6 Å². The second-order valence-electron chi connectivity index (χ2n) is 7.72. The van der Waals surface area contributed by atoms with Gasteiger partial charge in [-0.25, -0.2) is 8.42 Å². The molecule has 176 valence electrons. The minimum atomic E-state index is -3.89. The number of hydrogen-bond acceptors (Lipinski definition) is 6. The van der Waals surface area contributed by atoms with Gasteiger partial charge in [-0.3, -0.25) is 0 Å². The van der Waals surface area contributed by atoms with Crippen molar-refractivity contribution in [1.29, 1.82) is 0 Å². The van der Waals surface area contributed by atoms with E-state index in [0.29, 0.717) is 29.6 Å². The number of para-hydroxylation sites is 1. The number of benzene rings is 3. The number of rotatable bonds is 10. The minimum Gasteiger partial charge on any atom is -0.457 e. The summed E-state index contributed by atoms with van der Waals surface area (Å²) in [5.74, 6) is 1.92. The van der Waals surface area contributed by atoms with Gasteiger partial charge >= 0.3 is 0 Å². The fraction of sp³-hybridized carbons (Fsp3) is 0.192. The van der Waals surface area contributed by atoms with Crippen molar-refractivity contribution in [2.45, 2.75) is 42.7 Å². The third kappa shape index (κ3) is 5.79. The third-order valence-electron chi connectivity index (χ3n) is 5.09. The molecule has 0 amide bonds. The normalized spacial score (nSPS) is 11.4. The maximum absolute atomic E-state index is 13.3. The van der Waals surface area contributed by atoms with Gasteiger partial charge in [0.25, 0.3) is 0 Å². The summed E-state index contributed by atoms with van der Waals surface area (Å²) < 4.78 is 38.3. The number of oxazole rings is 1. The van der Waals surface area contributed by atoms with E-state index in [0.717, 1.165) is 24.2 Å². The van der Waals surface area contributed by atoms with Gasteiger partial charge < -0.3 is 14.5 Å². The van der Waals surface area contributed by atoms with Crippen LogP contribution in [0.25, 0.3) is 0 Å². The molecule has 0 atom stereocenters. The Morgan fingerprint density at radius 1 is 0.971 bits per heavy atom. The molecule has 1 N–H and O–H groups in total. The van der Waals surface area contributed by atoms with Gasteiger partial charge in [-0.2, -0.15) is 4.98 Å². The number of ether oxygens (including phenoxy) is 1. The first-order valence-corrected chi connectivity index (χ1v) is 12.9. The summed E-state index contributed by atoms with van der Waals surface area (Å²) in [6.45, 7) is 2.38. The molecule has 0 aliphatic heterocycles. The van der Waals surface area contributed by atoms with Gasteiger partial charge in [-0.05, 0) is 60.5 Å². The standard InChI is InChI=1S/C26H25ClN2O4S/c1-2-3-12-24-29-26(34(30,31)23-15-13-20(27)14-16-23)25(33-24)28-18-19-8-7-11-22(17-19)32-21-9-5-4-6-10-21/h4-11,13-17,28H,2-3,12,18H2,1H3. The Labute approximate surface area is 204 Å². The van der Waals surface area contributed by atoms with Crippen molar-refractivity contribution < 1.29 is 17.6 Å². The van der Waals surface area contributed by atoms with Gasteiger partial charge in [0.1, 0.15) is 11.5 Å². The van der Waals surface area contributed by atoms with Crippen molar-refractivity contribution >= 4 is 27.3 Å². The number of sulfone groups is 1. The Morgan fingerprint density at radius 2 is 1.71 bits per heavy atom. The molecule has 0 saturated heterocycles. The van der Waals surface area contributed by atoms with Crippen LogP contribution in [0.3, 0.4) is 0 Å². The molecular weight excluding hydrogens is 472 g/mol. The molecule has 0 spiro atoms. The van der Waals surface area contributed by atoms with Crippen LogP contribution in [0.4, 0.5) is 5.88 Å². The maximum Gasteiger partial charge on any atom is 0.233 e. The molecule has 0 fully saturated rings. The lowest BCUT2D eigenvalue weighted by Crippen LogP contribution is -2.07. The highest BCUT2D eigenvalue weighted by atomic mass is 35.5. The van der Waals surface area contributed by atoms with Crippen molar-refractivity contribution in [2.24, 2.45) is 0 Å². The quantitative estimate of drug-likeness (QED) is 0.257. The van der Waals surface area contributed by atoms with Crippen LogP contribution in [0.15, 0.2) is 93.2 Å². The summed E-state index contributed by atoms with van der Waals surface area (Å²) in [4.78, 5) is 4.43. The molecule has 34 heavy (non-hydrogen) atoms. The molecule has 0 aliphatic carbocycles. The Morgan fingerprint density at radius 3 is 2.44 bits per heavy atom. The lowest BCUT2D eigenvalue weighted by Gasteiger charge is -2.09. The van der Waals surface area contributed by atoms with E-state index in [4.69, 9.17) is 20.8 Å². The summed E-state index contributed by atoms with van der Waals surface area (Å²) in [5, 5.41) is 3.44. The van der Waals surface area contributed by atoms with Gasteiger partial charge in [0.15, 0.2) is 5.89 Å². The number of anilines is 1. The first kappa shape index (κ1) is 23.9. The zero-order valence-electron chi connectivity index (χ0n) is 18.7. The molecule has 0 saturated carbocycles. The number of unbranched alkanes of at least 4 members (excludes halogenated alkanes) is 1. The monoisotopic (exact) mass is 496 g/mol. The summed E-state index contributed by atoms with van der Waals surface area (Å²) >= 11 is 5.93. The Kier molecular flexibility index (Phi) is 7.55. The topological polar surface area (TPSA) is 81.4 Å². The summed E-state index contributed by atoms with van der Waals surface area (Å²) in [6, 6.07) is 23.1. The molecule has 0 radical (unpaired) electrons. The fourth-order valence-electron chi connectivity index (χ4n) is 3.33. The van der Waals surface area contributed by atoms with E-state index in [-0.39, 0.29) is 15.8 Å². The maximum atomic E-state index is 13.3. The van der Waals surface area contributed by atoms with Crippen molar-refractivity contribution in [3.63, 3.8) is 0 Å². The Bertz CT molecular complexity index is 1340. The van der Waals surface area contributed by atoms with Crippen LogP contribution in [0.5, 0.6) is 11.5 Å². The highest BCUT2D eigenvalue weighted by Gasteiger charge is 2.28. The van der Waals surface area contributed by atoms with E-state index in [2.05, 4.69) is 17.2 Å². The zero-order valence-corrected chi connectivity index (χ0v) is 20.3. The smallest absolute Gasteiger partial charge is 0.233 e. The summed E-state index contributed by atoms with van der Waals surface area (Å²) in [7, 11) is -3.89.